The molecule has 3 atom stereocenters. The maximum atomic E-state index is 13.7. The molecule has 0 bridgehead atoms. The fourth-order valence-corrected chi connectivity index (χ4v) is 5.55. The number of Topliss-reactive ketones (excluding diaryl/α,β-unsaturated/α-hetero) is 1. The topological polar surface area (TPSA) is 104 Å². The Hall–Kier alpha value is -3.20. The van der Waals surface area contributed by atoms with Gasteiger partial charge in [-0.3, -0.25) is 4.79 Å². The van der Waals surface area contributed by atoms with Crippen LogP contribution in [-0.2, 0) is 10.0 Å². The molecule has 3 aromatic carbocycles. The molecule has 3 unspecified atom stereocenters. The van der Waals surface area contributed by atoms with E-state index in [1.807, 2.05) is 18.2 Å². The number of nitrogens with zero attached hydrogens (tertiary/aromatic N) is 1. The lowest BCUT2D eigenvalue weighted by atomic mass is 10.0. The number of carbonyl (C=O) groups excluding carboxylic acids is 1. The van der Waals surface area contributed by atoms with Gasteiger partial charge in [-0.1, -0.05) is 42.5 Å². The van der Waals surface area contributed by atoms with E-state index in [2.05, 4.69) is 0 Å². The van der Waals surface area contributed by atoms with Crippen molar-refractivity contribution in [1.29, 1.82) is 0 Å². The van der Waals surface area contributed by atoms with Gasteiger partial charge in [-0.25, -0.2) is 8.42 Å². The van der Waals surface area contributed by atoms with Gasteiger partial charge in [-0.2, -0.15) is 4.31 Å². The SMILES string of the molecule is CC(=O)c1ccc(S(=O)(=O)N(C(C)COc2ccccc2)C(C)C(O)c2ccc(O)cc2)cc1. The number of carbonyl (C=O) groups is 1. The summed E-state index contributed by atoms with van der Waals surface area (Å²) in [5.41, 5.74) is 0.872. The second-order valence-corrected chi connectivity index (χ2v) is 10.0. The highest BCUT2D eigenvalue weighted by atomic mass is 32.2. The van der Waals surface area contributed by atoms with Gasteiger partial charge in [0.1, 0.15) is 18.1 Å². The maximum Gasteiger partial charge on any atom is 0.243 e. The lowest BCUT2D eigenvalue weighted by molar-refractivity contribution is 0.0731. The highest BCUT2D eigenvalue weighted by Gasteiger charge is 2.37. The number of hydrogen-bond donors (Lipinski definition) is 2. The number of ether oxygens (including phenoxy) is 1. The van der Waals surface area contributed by atoms with Gasteiger partial charge in [0.15, 0.2) is 5.78 Å². The highest BCUT2D eigenvalue weighted by molar-refractivity contribution is 7.89. The Morgan fingerprint density at radius 3 is 2.09 bits per heavy atom. The van der Waals surface area contributed by atoms with Crippen LogP contribution in [0.4, 0.5) is 0 Å². The van der Waals surface area contributed by atoms with Crippen LogP contribution in [0.25, 0.3) is 0 Å². The summed E-state index contributed by atoms with van der Waals surface area (Å²) in [6, 6.07) is 19.3. The lowest BCUT2D eigenvalue weighted by Gasteiger charge is -2.36. The summed E-state index contributed by atoms with van der Waals surface area (Å²) in [5.74, 6) is 0.481. The summed E-state index contributed by atoms with van der Waals surface area (Å²) in [5, 5.41) is 20.6. The molecule has 7 nitrogen and oxygen atoms in total. The monoisotopic (exact) mass is 483 g/mol. The average molecular weight is 484 g/mol. The Morgan fingerprint density at radius 1 is 0.941 bits per heavy atom. The van der Waals surface area contributed by atoms with Crippen LogP contribution < -0.4 is 4.74 Å². The number of benzene rings is 3. The van der Waals surface area contributed by atoms with Crippen molar-refractivity contribution in [1.82, 2.24) is 4.31 Å². The Balaban J connectivity index is 1.95. The fourth-order valence-electron chi connectivity index (χ4n) is 3.74. The largest absolute Gasteiger partial charge is 0.508 e. The Labute approximate surface area is 200 Å². The van der Waals surface area contributed by atoms with Crippen molar-refractivity contribution in [2.45, 2.75) is 43.9 Å². The minimum absolute atomic E-state index is 0.00816. The van der Waals surface area contributed by atoms with Gasteiger partial charge in [-0.15, -0.1) is 0 Å². The second kappa shape index (κ2) is 10.8. The molecule has 0 amide bonds. The van der Waals surface area contributed by atoms with Gasteiger partial charge < -0.3 is 14.9 Å². The summed E-state index contributed by atoms with van der Waals surface area (Å²) in [7, 11) is -4.07. The molecule has 0 aliphatic heterocycles. The number of phenols is 1. The highest BCUT2D eigenvalue weighted by Crippen LogP contribution is 2.30. The first kappa shape index (κ1) is 25.4. The van der Waals surface area contributed by atoms with Gasteiger partial charge in [0, 0.05) is 5.56 Å². The predicted molar refractivity (Wildman–Crippen MR) is 129 cm³/mol. The van der Waals surface area contributed by atoms with Crippen LogP contribution in [0.2, 0.25) is 0 Å². The molecule has 0 fully saturated rings. The number of rotatable bonds is 10. The lowest BCUT2D eigenvalue weighted by Crippen LogP contribution is -2.49. The molecular weight excluding hydrogens is 454 g/mol. The van der Waals surface area contributed by atoms with E-state index >= 15 is 0 Å². The summed E-state index contributed by atoms with van der Waals surface area (Å²) in [6.07, 6.45) is -1.16. The second-order valence-electron chi connectivity index (χ2n) is 8.17. The van der Waals surface area contributed by atoms with Crippen molar-refractivity contribution in [3.63, 3.8) is 0 Å². The van der Waals surface area contributed by atoms with E-state index in [1.54, 1.807) is 38.1 Å². The van der Waals surface area contributed by atoms with Crippen molar-refractivity contribution in [2.24, 2.45) is 0 Å². The van der Waals surface area contributed by atoms with E-state index in [0.29, 0.717) is 16.9 Å². The third-order valence-corrected chi connectivity index (χ3v) is 7.71. The summed E-state index contributed by atoms with van der Waals surface area (Å²) in [6.45, 7) is 4.80. The molecule has 3 rings (SSSR count). The number of aromatic hydroxyl groups is 1. The normalized spacial score (nSPS) is 14.4. The fraction of sp³-hybridized carbons (Fsp3) is 0.269. The first-order valence-corrected chi connectivity index (χ1v) is 12.3. The van der Waals surface area contributed by atoms with Crippen LogP contribution >= 0.6 is 0 Å². The van der Waals surface area contributed by atoms with Crippen molar-refractivity contribution >= 4 is 15.8 Å². The van der Waals surface area contributed by atoms with Crippen LogP contribution in [0, 0.1) is 0 Å². The van der Waals surface area contributed by atoms with E-state index in [1.165, 1.54) is 47.6 Å². The Kier molecular flexibility index (Phi) is 8.09. The van der Waals surface area contributed by atoms with Crippen molar-refractivity contribution in [2.75, 3.05) is 6.61 Å². The zero-order valence-corrected chi connectivity index (χ0v) is 20.1. The minimum atomic E-state index is -4.07. The molecule has 0 heterocycles. The number of sulfonamides is 1. The number of aliphatic hydroxyl groups excluding tert-OH is 1. The maximum absolute atomic E-state index is 13.7. The van der Waals surface area contributed by atoms with E-state index in [9.17, 15) is 23.4 Å². The van der Waals surface area contributed by atoms with Gasteiger partial charge >= 0.3 is 0 Å². The Morgan fingerprint density at radius 2 is 1.53 bits per heavy atom. The van der Waals surface area contributed by atoms with Crippen LogP contribution in [0.1, 0.15) is 42.8 Å². The molecular formula is C26H29NO6S. The molecule has 0 saturated carbocycles. The van der Waals surface area contributed by atoms with Gasteiger partial charge in [0.05, 0.1) is 23.1 Å². The molecule has 180 valence electrons. The molecule has 0 aliphatic carbocycles. The molecule has 0 saturated heterocycles. The third kappa shape index (κ3) is 5.83. The summed E-state index contributed by atoms with van der Waals surface area (Å²) >= 11 is 0. The van der Waals surface area contributed by atoms with E-state index in [4.69, 9.17) is 4.74 Å². The van der Waals surface area contributed by atoms with E-state index < -0.39 is 28.2 Å². The minimum Gasteiger partial charge on any atom is -0.508 e. The van der Waals surface area contributed by atoms with Crippen LogP contribution in [-0.4, -0.2) is 47.4 Å². The zero-order chi connectivity index (χ0) is 24.9. The number of hydrogen-bond acceptors (Lipinski definition) is 6. The first-order chi connectivity index (χ1) is 16.1. The molecule has 34 heavy (non-hydrogen) atoms. The van der Waals surface area contributed by atoms with Crippen molar-refractivity contribution in [3.8, 4) is 11.5 Å². The third-order valence-electron chi connectivity index (χ3n) is 5.60. The summed E-state index contributed by atoms with van der Waals surface area (Å²) in [4.78, 5) is 11.6. The number of aliphatic hydroxyl groups is 1. The van der Waals surface area contributed by atoms with E-state index in [-0.39, 0.29) is 23.0 Å². The number of para-hydroxylation sites is 1. The smallest absolute Gasteiger partial charge is 0.243 e. The van der Waals surface area contributed by atoms with Gasteiger partial charge in [-0.05, 0) is 62.7 Å². The molecule has 8 heteroatoms. The standard InChI is InChI=1S/C26H29NO6S/c1-18(17-33-24-7-5-4-6-8-24)27(19(2)26(30)22-9-13-23(29)14-10-22)34(31,32)25-15-11-21(12-16-25)20(3)28/h4-16,18-19,26,29-30H,17H2,1-3H3. The Bertz CT molecular complexity index is 1190. The van der Waals surface area contributed by atoms with Gasteiger partial charge in [0.2, 0.25) is 10.0 Å². The number of ketones is 1. The number of phenolic OH excluding ortho intramolecular Hbond substituents is 1. The first-order valence-electron chi connectivity index (χ1n) is 10.9. The van der Waals surface area contributed by atoms with Crippen LogP contribution in [0.3, 0.4) is 0 Å². The summed E-state index contributed by atoms with van der Waals surface area (Å²) < 4.78 is 34.5. The molecule has 0 aromatic heterocycles. The van der Waals surface area contributed by atoms with E-state index in [0.717, 1.165) is 0 Å². The zero-order valence-electron chi connectivity index (χ0n) is 19.3. The molecule has 3 aromatic rings. The van der Waals surface area contributed by atoms with Crippen molar-refractivity contribution in [3.05, 3.63) is 90.0 Å². The quantitative estimate of drug-likeness (QED) is 0.420. The molecule has 0 spiro atoms. The van der Waals surface area contributed by atoms with Gasteiger partial charge in [0.25, 0.3) is 0 Å². The molecule has 0 radical (unpaired) electrons. The van der Waals surface area contributed by atoms with Crippen LogP contribution in [0.15, 0.2) is 83.8 Å². The van der Waals surface area contributed by atoms with Crippen molar-refractivity contribution < 1.29 is 28.2 Å². The average Bonchev–Trinajstić information content (AvgIpc) is 2.83. The molecule has 2 N–H and O–H groups in total. The molecule has 0 aliphatic rings. The van der Waals surface area contributed by atoms with Crippen LogP contribution in [0.5, 0.6) is 11.5 Å². The predicted octanol–water partition coefficient (Wildman–Crippen LogP) is 4.18.